The Morgan fingerprint density at radius 3 is 2.55 bits per heavy atom. The molecule has 2 N–H and O–H groups in total. The fraction of sp³-hybridized carbons (Fsp3) is 0.300. The minimum Gasteiger partial charge on any atom is -0.497 e. The van der Waals surface area contributed by atoms with Gasteiger partial charge in [-0.15, -0.1) is 0 Å². The van der Waals surface area contributed by atoms with E-state index in [2.05, 4.69) is 15.5 Å². The van der Waals surface area contributed by atoms with Gasteiger partial charge in [0.15, 0.2) is 5.11 Å². The van der Waals surface area contributed by atoms with Crippen molar-refractivity contribution in [3.8, 4) is 11.5 Å². The van der Waals surface area contributed by atoms with Crippen LogP contribution in [0.2, 0.25) is 5.02 Å². The van der Waals surface area contributed by atoms with E-state index >= 15 is 0 Å². The van der Waals surface area contributed by atoms with E-state index in [0.717, 1.165) is 18.8 Å². The van der Waals surface area contributed by atoms with E-state index in [9.17, 15) is 4.79 Å². The van der Waals surface area contributed by atoms with Crippen molar-refractivity contribution in [1.29, 1.82) is 0 Å². The molecule has 0 bridgehead atoms. The molecule has 0 radical (unpaired) electrons. The zero-order chi connectivity index (χ0) is 20.8. The lowest BCUT2D eigenvalue weighted by Gasteiger charge is -2.29. The van der Waals surface area contributed by atoms with Crippen LogP contribution in [0.3, 0.4) is 0 Å². The third-order valence-electron chi connectivity index (χ3n) is 4.44. The molecule has 1 saturated heterocycles. The van der Waals surface area contributed by atoms with Gasteiger partial charge in [-0.25, -0.2) is 0 Å². The Balaban J connectivity index is 1.64. The molecule has 7 nitrogen and oxygen atoms in total. The predicted molar refractivity (Wildman–Crippen MR) is 118 cm³/mol. The van der Waals surface area contributed by atoms with Gasteiger partial charge in [0.25, 0.3) is 5.91 Å². The molecular formula is C20H22ClN3O4S. The first-order valence-electron chi connectivity index (χ1n) is 8.98. The minimum atomic E-state index is -0.391. The molecule has 1 aliphatic heterocycles. The molecule has 1 amide bonds. The first kappa shape index (κ1) is 21.2. The first-order chi connectivity index (χ1) is 14.0. The van der Waals surface area contributed by atoms with E-state index in [-0.39, 0.29) is 5.11 Å². The molecule has 0 saturated carbocycles. The number of anilines is 2. The van der Waals surface area contributed by atoms with Crippen LogP contribution in [0.5, 0.6) is 11.5 Å². The molecule has 1 heterocycles. The number of halogens is 1. The minimum absolute atomic E-state index is 0.156. The molecule has 0 unspecified atom stereocenters. The third-order valence-corrected chi connectivity index (χ3v) is 4.94. The van der Waals surface area contributed by atoms with Crippen LogP contribution in [-0.4, -0.2) is 51.5 Å². The molecule has 29 heavy (non-hydrogen) atoms. The van der Waals surface area contributed by atoms with Crippen LogP contribution in [0.25, 0.3) is 0 Å². The molecule has 154 valence electrons. The van der Waals surface area contributed by atoms with Gasteiger partial charge in [-0.1, -0.05) is 11.6 Å². The Bertz CT molecular complexity index is 903. The second-order valence-electron chi connectivity index (χ2n) is 6.24. The molecule has 0 spiro atoms. The van der Waals surface area contributed by atoms with Gasteiger partial charge >= 0.3 is 0 Å². The monoisotopic (exact) mass is 435 g/mol. The Labute approximate surface area is 179 Å². The van der Waals surface area contributed by atoms with Crippen molar-refractivity contribution in [1.82, 2.24) is 5.32 Å². The van der Waals surface area contributed by atoms with Gasteiger partial charge in [0, 0.05) is 24.8 Å². The summed E-state index contributed by atoms with van der Waals surface area (Å²) in [6, 6.07) is 10.5. The SMILES string of the molecule is COc1ccc(C(=O)NC(=S)Nc2ccc(N3CCOCC3)c(Cl)c2)c(OC)c1. The lowest BCUT2D eigenvalue weighted by Crippen LogP contribution is -2.36. The number of thiocarbonyl (C=S) groups is 1. The number of benzene rings is 2. The highest BCUT2D eigenvalue weighted by atomic mass is 35.5. The van der Waals surface area contributed by atoms with Crippen LogP contribution in [-0.2, 0) is 4.74 Å². The van der Waals surface area contributed by atoms with Crippen molar-refractivity contribution in [3.63, 3.8) is 0 Å². The summed E-state index contributed by atoms with van der Waals surface area (Å²) in [6.07, 6.45) is 0. The van der Waals surface area contributed by atoms with Crippen molar-refractivity contribution in [3.05, 3.63) is 47.0 Å². The number of hydrogen-bond acceptors (Lipinski definition) is 6. The topological polar surface area (TPSA) is 72.1 Å². The van der Waals surface area contributed by atoms with Crippen molar-refractivity contribution in [2.75, 3.05) is 50.7 Å². The molecule has 0 aromatic heterocycles. The quantitative estimate of drug-likeness (QED) is 0.698. The van der Waals surface area contributed by atoms with Crippen LogP contribution in [0.1, 0.15) is 10.4 Å². The van der Waals surface area contributed by atoms with Crippen LogP contribution in [0.4, 0.5) is 11.4 Å². The highest BCUT2D eigenvalue weighted by molar-refractivity contribution is 7.80. The molecule has 1 aliphatic rings. The summed E-state index contributed by atoms with van der Waals surface area (Å²) >= 11 is 11.7. The van der Waals surface area contributed by atoms with Gasteiger partial charge in [-0.05, 0) is 42.5 Å². The maximum absolute atomic E-state index is 12.5. The molecule has 2 aromatic carbocycles. The fourth-order valence-corrected chi connectivity index (χ4v) is 3.47. The van der Waals surface area contributed by atoms with E-state index in [1.807, 2.05) is 12.1 Å². The summed E-state index contributed by atoms with van der Waals surface area (Å²) < 4.78 is 15.8. The first-order valence-corrected chi connectivity index (χ1v) is 9.77. The molecule has 3 rings (SSSR count). The average molecular weight is 436 g/mol. The van der Waals surface area contributed by atoms with Gasteiger partial charge in [0.2, 0.25) is 0 Å². The van der Waals surface area contributed by atoms with Crippen LogP contribution >= 0.6 is 23.8 Å². The second kappa shape index (κ2) is 9.78. The predicted octanol–water partition coefficient (Wildman–Crippen LogP) is 3.32. The maximum Gasteiger partial charge on any atom is 0.261 e. The zero-order valence-corrected chi connectivity index (χ0v) is 17.7. The average Bonchev–Trinajstić information content (AvgIpc) is 2.73. The largest absolute Gasteiger partial charge is 0.497 e. The van der Waals surface area contributed by atoms with Gasteiger partial charge in [0.05, 0.1) is 43.7 Å². The Hall–Kier alpha value is -2.55. The summed E-state index contributed by atoms with van der Waals surface area (Å²) in [7, 11) is 3.03. The number of ether oxygens (including phenoxy) is 3. The standard InChI is InChI=1S/C20H22ClN3O4S/c1-26-14-4-5-15(18(12-14)27-2)19(25)23-20(29)22-13-3-6-17(16(21)11-13)24-7-9-28-10-8-24/h3-6,11-12H,7-10H2,1-2H3,(H2,22,23,25,29). The molecule has 9 heteroatoms. The van der Waals surface area contributed by atoms with Crippen molar-refractivity contribution in [2.45, 2.75) is 0 Å². The highest BCUT2D eigenvalue weighted by Gasteiger charge is 2.16. The van der Waals surface area contributed by atoms with E-state index < -0.39 is 5.91 Å². The molecule has 0 atom stereocenters. The smallest absolute Gasteiger partial charge is 0.261 e. The lowest BCUT2D eigenvalue weighted by atomic mass is 10.2. The normalized spacial score (nSPS) is 13.6. The van der Waals surface area contributed by atoms with Crippen LogP contribution in [0.15, 0.2) is 36.4 Å². The molecule has 2 aromatic rings. The van der Waals surface area contributed by atoms with Gasteiger partial charge < -0.3 is 24.4 Å². The molecule has 0 aliphatic carbocycles. The number of rotatable bonds is 5. The highest BCUT2D eigenvalue weighted by Crippen LogP contribution is 2.29. The summed E-state index contributed by atoms with van der Waals surface area (Å²) in [5, 5.41) is 6.38. The Morgan fingerprint density at radius 2 is 1.90 bits per heavy atom. The van der Waals surface area contributed by atoms with Gasteiger partial charge in [-0.2, -0.15) is 0 Å². The summed E-state index contributed by atoms with van der Waals surface area (Å²) in [6.45, 7) is 2.96. The summed E-state index contributed by atoms with van der Waals surface area (Å²) in [4.78, 5) is 14.7. The van der Waals surface area contributed by atoms with Gasteiger partial charge in [0.1, 0.15) is 11.5 Å². The van der Waals surface area contributed by atoms with Crippen molar-refractivity contribution >= 4 is 46.2 Å². The zero-order valence-electron chi connectivity index (χ0n) is 16.2. The van der Waals surface area contributed by atoms with Crippen molar-refractivity contribution < 1.29 is 19.0 Å². The number of hydrogen-bond donors (Lipinski definition) is 2. The number of amides is 1. The Morgan fingerprint density at radius 1 is 1.14 bits per heavy atom. The molecule has 1 fully saturated rings. The number of carbonyl (C=O) groups excluding carboxylic acids is 1. The number of morpholine rings is 1. The number of methoxy groups -OCH3 is 2. The van der Waals surface area contributed by atoms with Crippen LogP contribution in [0, 0.1) is 0 Å². The van der Waals surface area contributed by atoms with Gasteiger partial charge in [-0.3, -0.25) is 10.1 Å². The second-order valence-corrected chi connectivity index (χ2v) is 7.06. The van der Waals surface area contributed by atoms with E-state index in [4.69, 9.17) is 38.0 Å². The van der Waals surface area contributed by atoms with Crippen molar-refractivity contribution in [2.24, 2.45) is 0 Å². The number of carbonyl (C=O) groups is 1. The third kappa shape index (κ3) is 5.29. The lowest BCUT2D eigenvalue weighted by molar-refractivity contribution is 0.0974. The van der Waals surface area contributed by atoms with Crippen LogP contribution < -0.4 is 25.0 Å². The summed E-state index contributed by atoms with van der Waals surface area (Å²) in [5.41, 5.74) is 1.97. The number of nitrogens with zero attached hydrogens (tertiary/aromatic N) is 1. The van der Waals surface area contributed by atoms with E-state index in [1.165, 1.54) is 7.11 Å². The number of nitrogens with one attached hydrogen (secondary N) is 2. The fourth-order valence-electron chi connectivity index (χ4n) is 2.96. The maximum atomic E-state index is 12.5. The summed E-state index contributed by atoms with van der Waals surface area (Å²) in [5.74, 6) is 0.592. The Kier molecular flexibility index (Phi) is 7.13. The van der Waals surface area contributed by atoms with E-state index in [1.54, 1.807) is 31.4 Å². The van der Waals surface area contributed by atoms with E-state index in [0.29, 0.717) is 41.0 Å². The molecular weight excluding hydrogens is 414 g/mol.